The van der Waals surface area contributed by atoms with Crippen LogP contribution in [0.2, 0.25) is 5.02 Å². The summed E-state index contributed by atoms with van der Waals surface area (Å²) in [5.74, 6) is 1.19. The van der Waals surface area contributed by atoms with Gasteiger partial charge in [-0.15, -0.1) is 0 Å². The number of nitrogens with one attached hydrogen (secondary N) is 1. The lowest BCUT2D eigenvalue weighted by atomic mass is 9.78. The van der Waals surface area contributed by atoms with Gasteiger partial charge in [0.15, 0.2) is 0 Å². The highest BCUT2D eigenvalue weighted by atomic mass is 35.5. The van der Waals surface area contributed by atoms with Crippen LogP contribution in [0.15, 0.2) is 30.3 Å². The second-order valence-electron chi connectivity index (χ2n) is 5.74. The highest BCUT2D eigenvalue weighted by molar-refractivity contribution is 6.32. The summed E-state index contributed by atoms with van der Waals surface area (Å²) in [5.41, 5.74) is 0.870. The standard InChI is InChI=1S/C17H22ClNO/c1-12-6-5-9-16(13(12)2)19-17(20)11-10-14-7-3-4-8-15(14)18/h3-4,7-8,10-13,16H,5-6,9H2,1-2H3,(H,19,20)/b11-10+. The lowest BCUT2D eigenvalue weighted by Gasteiger charge is -2.34. The van der Waals surface area contributed by atoms with Crippen molar-refractivity contribution in [2.45, 2.75) is 39.2 Å². The molecule has 3 unspecified atom stereocenters. The Morgan fingerprint density at radius 2 is 2.05 bits per heavy atom. The van der Waals surface area contributed by atoms with E-state index in [9.17, 15) is 4.79 Å². The number of halogens is 1. The van der Waals surface area contributed by atoms with E-state index < -0.39 is 0 Å². The van der Waals surface area contributed by atoms with Gasteiger partial charge < -0.3 is 5.32 Å². The van der Waals surface area contributed by atoms with Gasteiger partial charge in [0.05, 0.1) is 0 Å². The molecule has 0 radical (unpaired) electrons. The van der Waals surface area contributed by atoms with Gasteiger partial charge in [0.25, 0.3) is 0 Å². The molecule has 3 heteroatoms. The van der Waals surface area contributed by atoms with E-state index in [0.717, 1.165) is 12.0 Å². The third kappa shape index (κ3) is 3.86. The summed E-state index contributed by atoms with van der Waals surface area (Å²) < 4.78 is 0. The summed E-state index contributed by atoms with van der Waals surface area (Å²) >= 11 is 6.06. The molecule has 2 nitrogen and oxygen atoms in total. The van der Waals surface area contributed by atoms with Crippen LogP contribution in [0.25, 0.3) is 6.08 Å². The van der Waals surface area contributed by atoms with E-state index in [2.05, 4.69) is 19.2 Å². The van der Waals surface area contributed by atoms with Gasteiger partial charge in [0.2, 0.25) is 5.91 Å². The average molecular weight is 292 g/mol. The van der Waals surface area contributed by atoms with Crippen LogP contribution in [0.4, 0.5) is 0 Å². The minimum atomic E-state index is -0.0316. The molecule has 0 saturated heterocycles. The zero-order chi connectivity index (χ0) is 14.5. The first-order valence-electron chi connectivity index (χ1n) is 7.31. The van der Waals surface area contributed by atoms with Gasteiger partial charge in [-0.1, -0.05) is 56.5 Å². The molecule has 3 atom stereocenters. The number of carbonyl (C=O) groups is 1. The van der Waals surface area contributed by atoms with Crippen LogP contribution < -0.4 is 5.32 Å². The lowest BCUT2D eigenvalue weighted by molar-refractivity contribution is -0.117. The Kier molecular flexibility index (Phi) is 5.24. The molecule has 0 heterocycles. The summed E-state index contributed by atoms with van der Waals surface area (Å²) in [7, 11) is 0. The molecule has 0 aliphatic heterocycles. The van der Waals surface area contributed by atoms with Crippen molar-refractivity contribution in [2.24, 2.45) is 11.8 Å². The Hall–Kier alpha value is -1.28. The number of carbonyl (C=O) groups excluding carboxylic acids is 1. The molecule has 0 bridgehead atoms. The van der Waals surface area contributed by atoms with Gasteiger partial charge in [-0.3, -0.25) is 4.79 Å². The topological polar surface area (TPSA) is 29.1 Å². The monoisotopic (exact) mass is 291 g/mol. The summed E-state index contributed by atoms with van der Waals surface area (Å²) in [5, 5.41) is 3.78. The Labute approximate surface area is 126 Å². The first-order chi connectivity index (χ1) is 9.58. The molecule has 1 amide bonds. The van der Waals surface area contributed by atoms with Crippen molar-refractivity contribution in [1.29, 1.82) is 0 Å². The highest BCUT2D eigenvalue weighted by Gasteiger charge is 2.27. The number of hydrogen-bond donors (Lipinski definition) is 1. The van der Waals surface area contributed by atoms with Crippen LogP contribution in [0.1, 0.15) is 38.7 Å². The minimum Gasteiger partial charge on any atom is -0.350 e. The van der Waals surface area contributed by atoms with Crippen molar-refractivity contribution < 1.29 is 4.79 Å². The second-order valence-corrected chi connectivity index (χ2v) is 6.14. The Morgan fingerprint density at radius 1 is 1.30 bits per heavy atom. The molecule has 0 aromatic heterocycles. The predicted octanol–water partition coefficient (Wildman–Crippen LogP) is 4.29. The highest BCUT2D eigenvalue weighted by Crippen LogP contribution is 2.29. The molecule has 1 fully saturated rings. The van der Waals surface area contributed by atoms with E-state index in [-0.39, 0.29) is 5.91 Å². The smallest absolute Gasteiger partial charge is 0.244 e. The van der Waals surface area contributed by atoms with E-state index >= 15 is 0 Å². The maximum absolute atomic E-state index is 12.0. The zero-order valence-electron chi connectivity index (χ0n) is 12.1. The van der Waals surface area contributed by atoms with Crippen LogP contribution in [0.3, 0.4) is 0 Å². The van der Waals surface area contributed by atoms with Gasteiger partial charge in [0.1, 0.15) is 0 Å². The Bertz CT molecular complexity index is 498. The Morgan fingerprint density at radius 3 is 2.80 bits per heavy atom. The normalized spacial score (nSPS) is 26.6. The third-order valence-electron chi connectivity index (χ3n) is 4.35. The molecule has 20 heavy (non-hydrogen) atoms. The number of rotatable bonds is 3. The number of amides is 1. The van der Waals surface area contributed by atoms with Crippen molar-refractivity contribution in [1.82, 2.24) is 5.32 Å². The molecule has 1 aromatic rings. The van der Waals surface area contributed by atoms with Crippen LogP contribution in [0, 0.1) is 11.8 Å². The molecule has 2 rings (SSSR count). The first-order valence-corrected chi connectivity index (χ1v) is 7.69. The van der Waals surface area contributed by atoms with Crippen molar-refractivity contribution >= 4 is 23.6 Å². The fourth-order valence-corrected chi connectivity index (χ4v) is 2.99. The van der Waals surface area contributed by atoms with Gasteiger partial charge in [-0.05, 0) is 36.0 Å². The van der Waals surface area contributed by atoms with Crippen molar-refractivity contribution in [3.05, 3.63) is 40.9 Å². The molecule has 1 saturated carbocycles. The van der Waals surface area contributed by atoms with E-state index in [0.29, 0.717) is 22.9 Å². The molecule has 1 aliphatic carbocycles. The largest absolute Gasteiger partial charge is 0.350 e. The van der Waals surface area contributed by atoms with Crippen LogP contribution in [-0.4, -0.2) is 11.9 Å². The quantitative estimate of drug-likeness (QED) is 0.827. The van der Waals surface area contributed by atoms with E-state index in [1.165, 1.54) is 12.8 Å². The summed E-state index contributed by atoms with van der Waals surface area (Å²) in [6, 6.07) is 7.81. The molecule has 1 aromatic carbocycles. The fourth-order valence-electron chi connectivity index (χ4n) is 2.79. The molecule has 108 valence electrons. The molecular weight excluding hydrogens is 270 g/mol. The summed E-state index contributed by atoms with van der Waals surface area (Å²) in [6.07, 6.45) is 6.90. The molecule has 0 spiro atoms. The van der Waals surface area contributed by atoms with E-state index in [1.807, 2.05) is 24.3 Å². The number of hydrogen-bond acceptors (Lipinski definition) is 1. The van der Waals surface area contributed by atoms with Gasteiger partial charge in [-0.25, -0.2) is 0 Å². The van der Waals surface area contributed by atoms with Crippen molar-refractivity contribution in [3.63, 3.8) is 0 Å². The maximum atomic E-state index is 12.0. The molecule has 1 aliphatic rings. The fraction of sp³-hybridized carbons (Fsp3) is 0.471. The minimum absolute atomic E-state index is 0.0316. The maximum Gasteiger partial charge on any atom is 0.244 e. The lowest BCUT2D eigenvalue weighted by Crippen LogP contribution is -2.43. The summed E-state index contributed by atoms with van der Waals surface area (Å²) in [6.45, 7) is 4.50. The van der Waals surface area contributed by atoms with E-state index in [1.54, 1.807) is 12.2 Å². The van der Waals surface area contributed by atoms with Crippen LogP contribution >= 0.6 is 11.6 Å². The van der Waals surface area contributed by atoms with Crippen LogP contribution in [0.5, 0.6) is 0 Å². The van der Waals surface area contributed by atoms with Crippen LogP contribution in [-0.2, 0) is 4.79 Å². The first kappa shape index (κ1) is 15.1. The van der Waals surface area contributed by atoms with Crippen molar-refractivity contribution in [2.75, 3.05) is 0 Å². The molecule has 1 N–H and O–H groups in total. The number of benzene rings is 1. The van der Waals surface area contributed by atoms with Crippen molar-refractivity contribution in [3.8, 4) is 0 Å². The van der Waals surface area contributed by atoms with E-state index in [4.69, 9.17) is 11.6 Å². The Balaban J connectivity index is 1.94. The van der Waals surface area contributed by atoms with Gasteiger partial charge in [0, 0.05) is 17.1 Å². The predicted molar refractivity (Wildman–Crippen MR) is 84.6 cm³/mol. The molecular formula is C17H22ClNO. The van der Waals surface area contributed by atoms with Gasteiger partial charge in [-0.2, -0.15) is 0 Å². The second kappa shape index (κ2) is 6.94. The van der Waals surface area contributed by atoms with Gasteiger partial charge >= 0.3 is 0 Å². The SMILES string of the molecule is CC1CCCC(NC(=O)/C=C/c2ccccc2Cl)C1C. The average Bonchev–Trinajstić information content (AvgIpc) is 2.43. The zero-order valence-corrected chi connectivity index (χ0v) is 12.9. The summed E-state index contributed by atoms with van der Waals surface area (Å²) in [4.78, 5) is 12.0. The third-order valence-corrected chi connectivity index (χ3v) is 4.70.